The fourth-order valence-corrected chi connectivity index (χ4v) is 7.47. The van der Waals surface area contributed by atoms with E-state index in [0.717, 1.165) is 31.9 Å². The molecule has 4 heteroatoms. The third-order valence-corrected chi connectivity index (χ3v) is 9.06. The number of nitrogens with zero attached hydrogens (tertiary/aromatic N) is 1. The summed E-state index contributed by atoms with van der Waals surface area (Å²) in [5.41, 5.74) is 3.25. The zero-order valence-corrected chi connectivity index (χ0v) is 20.2. The van der Waals surface area contributed by atoms with Crippen LogP contribution in [0, 0.1) is 23.2 Å². The van der Waals surface area contributed by atoms with Gasteiger partial charge in [-0.25, -0.2) is 0 Å². The molecule has 1 heterocycles. The first-order valence-corrected chi connectivity index (χ1v) is 12.9. The third kappa shape index (κ3) is 5.13. The zero-order chi connectivity index (χ0) is 22.2. The van der Waals surface area contributed by atoms with Crippen molar-refractivity contribution < 1.29 is 14.9 Å². The summed E-state index contributed by atoms with van der Waals surface area (Å²) in [6, 6.07) is 0.526. The Kier molecular flexibility index (Phi) is 7.32. The molecule has 4 rings (SSSR count). The van der Waals surface area contributed by atoms with E-state index in [2.05, 4.69) is 44.7 Å². The first-order valence-electron chi connectivity index (χ1n) is 12.9. The second kappa shape index (κ2) is 9.67. The number of hydrogen-bond donors (Lipinski definition) is 2. The predicted octanol–water partition coefficient (Wildman–Crippen LogP) is 4.71. The van der Waals surface area contributed by atoms with Crippen LogP contribution in [0.3, 0.4) is 0 Å². The fraction of sp³-hybridized carbons (Fsp3) is 0.852. The molecular weight excluding hydrogens is 386 g/mol. The van der Waals surface area contributed by atoms with E-state index in [0.29, 0.717) is 35.8 Å². The summed E-state index contributed by atoms with van der Waals surface area (Å²) in [5, 5.41) is 20.0. The molecular formula is C27H45NO3. The van der Waals surface area contributed by atoms with Gasteiger partial charge in [0.25, 0.3) is 0 Å². The highest BCUT2D eigenvalue weighted by Crippen LogP contribution is 2.59. The molecule has 2 N–H and O–H groups in total. The van der Waals surface area contributed by atoms with E-state index in [4.69, 9.17) is 4.74 Å². The van der Waals surface area contributed by atoms with E-state index in [1.807, 2.05) is 0 Å². The van der Waals surface area contributed by atoms with Gasteiger partial charge in [0.05, 0.1) is 24.9 Å². The molecule has 0 amide bonds. The minimum absolute atomic E-state index is 0.351. The molecule has 3 aliphatic carbocycles. The van der Waals surface area contributed by atoms with Crippen molar-refractivity contribution in [3.8, 4) is 0 Å². The molecule has 3 saturated carbocycles. The van der Waals surface area contributed by atoms with Crippen molar-refractivity contribution >= 4 is 0 Å². The molecule has 4 nitrogen and oxygen atoms in total. The maximum atomic E-state index is 10.0. The minimum Gasteiger partial charge on any atom is -0.393 e. The van der Waals surface area contributed by atoms with Gasteiger partial charge < -0.3 is 14.9 Å². The molecule has 0 bridgehead atoms. The molecule has 4 fully saturated rings. The molecule has 1 unspecified atom stereocenters. The van der Waals surface area contributed by atoms with Crippen molar-refractivity contribution in [2.45, 2.75) is 103 Å². The van der Waals surface area contributed by atoms with Gasteiger partial charge in [0.1, 0.15) is 0 Å². The highest BCUT2D eigenvalue weighted by molar-refractivity contribution is 5.26. The van der Waals surface area contributed by atoms with E-state index in [9.17, 15) is 10.2 Å². The molecule has 0 spiro atoms. The molecule has 1 aliphatic heterocycles. The molecule has 31 heavy (non-hydrogen) atoms. The largest absolute Gasteiger partial charge is 0.393 e. The number of allylic oxidation sites excluding steroid dienone is 3. The number of hydrogen-bond acceptors (Lipinski definition) is 4. The number of rotatable bonds is 4. The van der Waals surface area contributed by atoms with Gasteiger partial charge in [0.15, 0.2) is 0 Å². The van der Waals surface area contributed by atoms with Gasteiger partial charge in [-0.3, -0.25) is 4.90 Å². The quantitative estimate of drug-likeness (QED) is 0.677. The van der Waals surface area contributed by atoms with Crippen molar-refractivity contribution in [1.82, 2.24) is 4.90 Å². The van der Waals surface area contributed by atoms with Crippen LogP contribution in [0.1, 0.15) is 79.1 Å². The molecule has 8 atom stereocenters. The van der Waals surface area contributed by atoms with Gasteiger partial charge in [-0.15, -0.1) is 0 Å². The lowest BCUT2D eigenvalue weighted by Gasteiger charge is -2.46. The van der Waals surface area contributed by atoms with Crippen molar-refractivity contribution in [3.05, 3.63) is 23.3 Å². The van der Waals surface area contributed by atoms with Gasteiger partial charge in [0.2, 0.25) is 0 Å². The fourth-order valence-electron chi connectivity index (χ4n) is 7.47. The van der Waals surface area contributed by atoms with Crippen molar-refractivity contribution in [2.24, 2.45) is 23.2 Å². The third-order valence-electron chi connectivity index (χ3n) is 9.06. The van der Waals surface area contributed by atoms with Crippen LogP contribution in [-0.2, 0) is 4.74 Å². The maximum absolute atomic E-state index is 10.0. The Labute approximate surface area is 189 Å². The van der Waals surface area contributed by atoms with E-state index in [-0.39, 0.29) is 12.2 Å². The molecule has 4 aliphatic rings. The Bertz CT molecular complexity index is 676. The maximum Gasteiger partial charge on any atom is 0.0674 e. The number of fused-ring (bicyclic) bond motifs is 1. The molecule has 1 saturated heterocycles. The van der Waals surface area contributed by atoms with Crippen LogP contribution in [0.25, 0.3) is 0 Å². The normalized spacial score (nSPS) is 44.3. The van der Waals surface area contributed by atoms with Crippen molar-refractivity contribution in [1.29, 1.82) is 0 Å². The lowest BCUT2D eigenvalue weighted by atomic mass is 9.61. The van der Waals surface area contributed by atoms with E-state index < -0.39 is 0 Å². The summed E-state index contributed by atoms with van der Waals surface area (Å²) < 4.78 is 5.85. The van der Waals surface area contributed by atoms with Gasteiger partial charge in [-0.2, -0.15) is 0 Å². The highest BCUT2D eigenvalue weighted by atomic mass is 16.5. The van der Waals surface area contributed by atoms with Crippen molar-refractivity contribution in [3.63, 3.8) is 0 Å². The molecule has 0 aromatic carbocycles. The summed E-state index contributed by atoms with van der Waals surface area (Å²) in [5.74, 6) is 2.20. The van der Waals surface area contributed by atoms with Gasteiger partial charge in [-0.05, 0) is 88.4 Å². The van der Waals surface area contributed by atoms with E-state index >= 15 is 0 Å². The Morgan fingerprint density at radius 1 is 1.16 bits per heavy atom. The summed E-state index contributed by atoms with van der Waals surface area (Å²) in [6.07, 6.45) is 12.7. The Morgan fingerprint density at radius 2 is 1.90 bits per heavy atom. The van der Waals surface area contributed by atoms with Crippen LogP contribution in [0.5, 0.6) is 0 Å². The van der Waals surface area contributed by atoms with Crippen LogP contribution < -0.4 is 0 Å². The van der Waals surface area contributed by atoms with Crippen LogP contribution in [0.4, 0.5) is 0 Å². The zero-order valence-electron chi connectivity index (χ0n) is 20.2. The van der Waals surface area contributed by atoms with Crippen molar-refractivity contribution in [2.75, 3.05) is 19.7 Å². The van der Waals surface area contributed by atoms with Crippen LogP contribution in [-0.4, -0.2) is 59.2 Å². The summed E-state index contributed by atoms with van der Waals surface area (Å²) in [6.45, 7) is 12.7. The number of aliphatic hydroxyl groups excluding tert-OH is 2. The summed E-state index contributed by atoms with van der Waals surface area (Å²) in [7, 11) is 0. The second-order valence-electron chi connectivity index (χ2n) is 11.5. The topological polar surface area (TPSA) is 52.9 Å². The molecule has 0 radical (unpaired) electrons. The second-order valence-corrected chi connectivity index (χ2v) is 11.5. The minimum atomic E-state index is -0.382. The first kappa shape index (κ1) is 23.5. The number of ether oxygens (including phenoxy) is 1. The highest BCUT2D eigenvalue weighted by Gasteiger charge is 2.51. The summed E-state index contributed by atoms with van der Waals surface area (Å²) in [4.78, 5) is 2.67. The molecule has 0 aromatic heterocycles. The van der Waals surface area contributed by atoms with Crippen LogP contribution >= 0.6 is 0 Å². The van der Waals surface area contributed by atoms with Gasteiger partial charge in [-0.1, -0.05) is 37.1 Å². The Balaban J connectivity index is 1.45. The standard InChI is InChI=1S/C27H45NO3/c1-18(15-28-16-20(3)31-17-19(28)2)25-9-10-26-22(6-5-11-27(25,26)4)8-7-21-12-23(29)14-24(30)13-21/h7-8,18-20,23-26,29-30H,5-6,9-17H2,1-4H3/b22-8+/t18?,19-,20-,23-,24-,25-,26+,27-/m1/s1. The predicted molar refractivity (Wildman–Crippen MR) is 126 cm³/mol. The van der Waals surface area contributed by atoms with E-state index in [1.54, 1.807) is 5.57 Å². The van der Waals surface area contributed by atoms with Gasteiger partial charge >= 0.3 is 0 Å². The Morgan fingerprint density at radius 3 is 2.65 bits per heavy atom. The number of aliphatic hydroxyl groups is 2. The lowest BCUT2D eigenvalue weighted by Crippen LogP contribution is -2.50. The average Bonchev–Trinajstić information content (AvgIpc) is 3.06. The van der Waals surface area contributed by atoms with Gasteiger partial charge in [0, 0.05) is 19.1 Å². The lowest BCUT2D eigenvalue weighted by molar-refractivity contribution is -0.0596. The number of morpholine rings is 1. The Hall–Kier alpha value is -0.680. The monoisotopic (exact) mass is 431 g/mol. The first-order chi connectivity index (χ1) is 14.8. The smallest absolute Gasteiger partial charge is 0.0674 e. The molecule has 0 aromatic rings. The SMILES string of the molecule is CC(CN1C[C@@H](C)OC[C@H]1C)[C@H]1CC[C@H]2/C(=C/C=C3C[C@@H](O)C[C@H](O)C3)CCC[C@]12C. The van der Waals surface area contributed by atoms with E-state index in [1.165, 1.54) is 44.2 Å². The molecule has 176 valence electrons. The summed E-state index contributed by atoms with van der Waals surface area (Å²) >= 11 is 0. The average molecular weight is 432 g/mol. The van der Waals surface area contributed by atoms with Crippen LogP contribution in [0.2, 0.25) is 0 Å². The van der Waals surface area contributed by atoms with Crippen LogP contribution in [0.15, 0.2) is 23.3 Å².